The van der Waals surface area contributed by atoms with Crippen molar-refractivity contribution in [3.63, 3.8) is 0 Å². The van der Waals surface area contributed by atoms with Crippen molar-refractivity contribution in [1.82, 2.24) is 14.9 Å². The van der Waals surface area contributed by atoms with Crippen LogP contribution in [-0.4, -0.2) is 45.1 Å². The molecule has 6 nitrogen and oxygen atoms in total. The van der Waals surface area contributed by atoms with Gasteiger partial charge in [0.2, 0.25) is 0 Å². The molecule has 0 amide bonds. The molecule has 2 aromatic carbocycles. The maximum atomic E-state index is 15.0. The lowest BCUT2D eigenvalue weighted by atomic mass is 9.92. The predicted molar refractivity (Wildman–Crippen MR) is 127 cm³/mol. The minimum atomic E-state index is -2.20. The molecule has 3 heterocycles. The van der Waals surface area contributed by atoms with Gasteiger partial charge < -0.3 is 9.84 Å². The molecular formula is C26H21F2N3O3S. The number of hydrogen-bond donors (Lipinski definition) is 1. The summed E-state index contributed by atoms with van der Waals surface area (Å²) in [6.45, 7) is -0.0732. The molecule has 1 aliphatic carbocycles. The van der Waals surface area contributed by atoms with Crippen molar-refractivity contribution in [2.75, 3.05) is 13.1 Å². The van der Waals surface area contributed by atoms with Gasteiger partial charge in [0.05, 0.1) is 18.8 Å². The average Bonchev–Trinajstić information content (AvgIpc) is 3.51. The number of alkyl halides is 1. The van der Waals surface area contributed by atoms with Crippen LogP contribution < -0.4 is 0 Å². The largest absolute Gasteiger partial charge is 0.508 e. The van der Waals surface area contributed by atoms with Gasteiger partial charge in [0.25, 0.3) is 5.85 Å². The Morgan fingerprint density at radius 3 is 2.54 bits per heavy atom. The number of pyridine rings is 1. The fourth-order valence-corrected chi connectivity index (χ4v) is 5.78. The average molecular weight is 494 g/mol. The molecule has 4 aromatic rings. The lowest BCUT2D eigenvalue weighted by Crippen LogP contribution is -2.60. The molecule has 2 aliphatic rings. The van der Waals surface area contributed by atoms with E-state index in [0.29, 0.717) is 16.1 Å². The smallest absolute Gasteiger partial charge is 0.450 e. The Bertz CT molecular complexity index is 1430. The highest BCUT2D eigenvalue weighted by Crippen LogP contribution is 2.53. The minimum absolute atomic E-state index is 0.0456. The fraction of sp³-hybridized carbons (Fsp3) is 0.269. The maximum absolute atomic E-state index is 15.0. The third-order valence-corrected chi connectivity index (χ3v) is 7.68. The highest BCUT2D eigenvalue weighted by atomic mass is 32.1. The predicted octanol–water partition coefficient (Wildman–Crippen LogP) is 5.75. The Labute approximate surface area is 203 Å². The van der Waals surface area contributed by atoms with Crippen LogP contribution in [0.3, 0.4) is 0 Å². The van der Waals surface area contributed by atoms with Crippen LogP contribution in [0, 0.1) is 5.82 Å². The molecule has 0 unspecified atom stereocenters. The Morgan fingerprint density at radius 2 is 1.86 bits per heavy atom. The van der Waals surface area contributed by atoms with Gasteiger partial charge in [0.1, 0.15) is 21.2 Å². The van der Waals surface area contributed by atoms with Crippen LogP contribution in [0.5, 0.6) is 0 Å². The number of carboxylic acid groups (broad SMARTS) is 1. The van der Waals surface area contributed by atoms with Crippen LogP contribution in [0.1, 0.15) is 29.7 Å². The highest BCUT2D eigenvalue weighted by Gasteiger charge is 2.48. The first-order chi connectivity index (χ1) is 16.8. The molecule has 2 aromatic heterocycles. The highest BCUT2D eigenvalue weighted by molar-refractivity contribution is 7.21. The van der Waals surface area contributed by atoms with Crippen LogP contribution in [0.15, 0.2) is 60.7 Å². The number of hydrogen-bond acceptors (Lipinski definition) is 6. The molecule has 0 spiro atoms. The molecule has 1 N–H and O–H groups in total. The van der Waals surface area contributed by atoms with Gasteiger partial charge in [-0.05, 0) is 48.2 Å². The standard InChI is InChI=1S/C26H21F2N3O3S/c27-19-12-16(13-31-14-26(28,15-31)34-24(32)33)6-7-18(19)22-29-20-8-9-21(30-23(20)35-22)25(10-11-25)17-4-2-1-3-5-17/h1-9,12H,10-11,13-15H2,(H,32,33). The summed E-state index contributed by atoms with van der Waals surface area (Å²) in [6, 6.07) is 19.2. The van der Waals surface area contributed by atoms with Crippen LogP contribution in [0.25, 0.3) is 20.9 Å². The van der Waals surface area contributed by atoms with Crippen molar-refractivity contribution >= 4 is 27.8 Å². The molecule has 6 rings (SSSR count). The third-order valence-electron chi connectivity index (χ3n) is 6.68. The topological polar surface area (TPSA) is 75.6 Å². The van der Waals surface area contributed by atoms with E-state index in [1.807, 2.05) is 30.3 Å². The number of fused-ring (bicyclic) bond motifs is 1. The van der Waals surface area contributed by atoms with Gasteiger partial charge in [0.15, 0.2) is 0 Å². The molecule has 2 fully saturated rings. The fourth-order valence-electron chi connectivity index (χ4n) is 4.82. The Hall–Kier alpha value is -3.43. The second-order valence-corrected chi connectivity index (χ2v) is 10.2. The van der Waals surface area contributed by atoms with Crippen LogP contribution in [0.4, 0.5) is 13.6 Å². The van der Waals surface area contributed by atoms with Crippen molar-refractivity contribution in [2.45, 2.75) is 30.7 Å². The molecular weight excluding hydrogens is 472 g/mol. The second kappa shape index (κ2) is 8.07. The number of ether oxygens (including phenoxy) is 1. The van der Waals surface area contributed by atoms with E-state index in [0.717, 1.165) is 28.9 Å². The number of thiazole rings is 1. The lowest BCUT2D eigenvalue weighted by Gasteiger charge is -2.42. The van der Waals surface area contributed by atoms with E-state index in [2.05, 4.69) is 21.9 Å². The van der Waals surface area contributed by atoms with Gasteiger partial charge in [-0.3, -0.25) is 4.90 Å². The SMILES string of the molecule is O=C(O)OC1(F)CN(Cc2ccc(-c3nc4ccc(C5(c6ccccc6)CC5)nc4s3)c(F)c2)C1. The number of aromatic nitrogens is 2. The molecule has 0 bridgehead atoms. The number of benzene rings is 2. The number of likely N-dealkylation sites (tertiary alicyclic amines) is 1. The molecule has 0 radical (unpaired) electrons. The van der Waals surface area contributed by atoms with E-state index >= 15 is 4.39 Å². The van der Waals surface area contributed by atoms with Gasteiger partial charge in [-0.2, -0.15) is 4.39 Å². The zero-order valence-corrected chi connectivity index (χ0v) is 19.4. The molecule has 35 heavy (non-hydrogen) atoms. The van der Waals surface area contributed by atoms with Gasteiger partial charge in [0, 0.05) is 17.5 Å². The summed E-state index contributed by atoms with van der Waals surface area (Å²) in [7, 11) is 0. The van der Waals surface area contributed by atoms with Crippen LogP contribution in [-0.2, 0) is 16.7 Å². The summed E-state index contributed by atoms with van der Waals surface area (Å²) in [5.41, 5.74) is 4.02. The van der Waals surface area contributed by atoms with Crippen LogP contribution in [0.2, 0.25) is 0 Å². The maximum Gasteiger partial charge on any atom is 0.508 e. The third kappa shape index (κ3) is 4.04. The van der Waals surface area contributed by atoms with E-state index in [1.54, 1.807) is 17.0 Å². The molecule has 9 heteroatoms. The Kier molecular flexibility index (Phi) is 5.08. The van der Waals surface area contributed by atoms with E-state index < -0.39 is 17.8 Å². The van der Waals surface area contributed by atoms with Crippen molar-refractivity contribution in [2.24, 2.45) is 0 Å². The first-order valence-electron chi connectivity index (χ1n) is 11.3. The zero-order valence-electron chi connectivity index (χ0n) is 18.6. The van der Waals surface area contributed by atoms with Crippen molar-refractivity contribution in [1.29, 1.82) is 0 Å². The summed E-state index contributed by atoms with van der Waals surface area (Å²) >= 11 is 1.36. The summed E-state index contributed by atoms with van der Waals surface area (Å²) in [6.07, 6.45) is 0.466. The van der Waals surface area contributed by atoms with E-state index in [9.17, 15) is 9.18 Å². The lowest BCUT2D eigenvalue weighted by molar-refractivity contribution is -0.200. The summed E-state index contributed by atoms with van der Waals surface area (Å²) < 4.78 is 33.3. The Morgan fingerprint density at radius 1 is 1.09 bits per heavy atom. The van der Waals surface area contributed by atoms with Crippen LogP contribution >= 0.6 is 11.3 Å². The van der Waals surface area contributed by atoms with Gasteiger partial charge in [-0.25, -0.2) is 19.2 Å². The quantitative estimate of drug-likeness (QED) is 0.345. The molecule has 1 aliphatic heterocycles. The van der Waals surface area contributed by atoms with Gasteiger partial charge in [-0.15, -0.1) is 0 Å². The normalized spacial score (nSPS) is 18.2. The first kappa shape index (κ1) is 22.1. The van der Waals surface area contributed by atoms with Crippen molar-refractivity contribution in [3.05, 3.63) is 83.3 Å². The molecule has 178 valence electrons. The van der Waals surface area contributed by atoms with Gasteiger partial charge in [-0.1, -0.05) is 47.7 Å². The van der Waals surface area contributed by atoms with Crippen molar-refractivity contribution in [3.8, 4) is 10.6 Å². The number of rotatable bonds is 6. The van der Waals surface area contributed by atoms with Gasteiger partial charge >= 0.3 is 6.16 Å². The number of halogens is 2. The number of nitrogens with zero attached hydrogens (tertiary/aromatic N) is 3. The van der Waals surface area contributed by atoms with E-state index in [1.165, 1.54) is 23.0 Å². The molecule has 1 saturated carbocycles. The second-order valence-electron chi connectivity index (χ2n) is 9.20. The van der Waals surface area contributed by atoms with E-state index in [4.69, 9.17) is 10.1 Å². The molecule has 0 atom stereocenters. The van der Waals surface area contributed by atoms with Crippen molar-refractivity contribution < 1.29 is 23.4 Å². The summed E-state index contributed by atoms with van der Waals surface area (Å²) in [4.78, 5) is 22.5. The summed E-state index contributed by atoms with van der Waals surface area (Å²) in [5, 5.41) is 9.14. The number of carbonyl (C=O) groups is 1. The molecule has 1 saturated heterocycles. The first-order valence-corrected chi connectivity index (χ1v) is 12.1. The van der Waals surface area contributed by atoms with E-state index in [-0.39, 0.29) is 25.0 Å². The minimum Gasteiger partial charge on any atom is -0.450 e. The summed E-state index contributed by atoms with van der Waals surface area (Å²) in [5.74, 6) is -2.62. The monoisotopic (exact) mass is 493 g/mol. The zero-order chi connectivity index (χ0) is 24.2. The Balaban J connectivity index is 1.21.